The van der Waals surface area contributed by atoms with Crippen molar-refractivity contribution in [3.63, 3.8) is 0 Å². The maximum Gasteiger partial charge on any atom is 0.108 e. The first-order valence-corrected chi connectivity index (χ1v) is 6.00. The molecule has 1 aromatic carbocycles. The molecule has 0 amide bonds. The zero-order chi connectivity index (χ0) is 12.8. The van der Waals surface area contributed by atoms with Crippen LogP contribution in [0.15, 0.2) is 64.9 Å². The summed E-state index contributed by atoms with van der Waals surface area (Å²) in [5.41, 5.74) is 0.608. The highest BCUT2D eigenvalue weighted by atomic mass is 15.2. The number of rotatable bonds is 4. The van der Waals surface area contributed by atoms with E-state index in [0.717, 1.165) is 5.69 Å². The summed E-state index contributed by atoms with van der Waals surface area (Å²) in [7, 11) is 3.83. The first kappa shape index (κ1) is 12.7. The van der Waals surface area contributed by atoms with Crippen LogP contribution in [0.1, 0.15) is 0 Å². The van der Waals surface area contributed by atoms with Gasteiger partial charge in [0.2, 0.25) is 0 Å². The molecule has 0 saturated carbocycles. The smallest absolute Gasteiger partial charge is 0.108 e. The Balaban J connectivity index is 2.03. The molecule has 2 rings (SSSR count). The Morgan fingerprint density at radius 2 is 1.61 bits per heavy atom. The van der Waals surface area contributed by atoms with Crippen molar-refractivity contribution in [2.24, 2.45) is 10.2 Å². The fourth-order valence-electron chi connectivity index (χ4n) is 1.78. The highest BCUT2D eigenvalue weighted by molar-refractivity contribution is 5.35. The van der Waals surface area contributed by atoms with Gasteiger partial charge in [0.15, 0.2) is 0 Å². The second kappa shape index (κ2) is 5.71. The van der Waals surface area contributed by atoms with Gasteiger partial charge in [-0.15, -0.1) is 0 Å². The average Bonchev–Trinajstić information content (AvgIpc) is 2.47. The van der Waals surface area contributed by atoms with Gasteiger partial charge >= 0.3 is 0 Å². The zero-order valence-electron chi connectivity index (χ0n) is 10.7. The van der Waals surface area contributed by atoms with Gasteiger partial charge in [0.25, 0.3) is 0 Å². The van der Waals surface area contributed by atoms with E-state index in [-0.39, 0.29) is 11.7 Å². The molecule has 0 atom stereocenters. The lowest BCUT2D eigenvalue weighted by Crippen LogP contribution is -2.51. The van der Waals surface area contributed by atoms with E-state index in [9.17, 15) is 0 Å². The monoisotopic (exact) mass is 242 g/mol. The van der Waals surface area contributed by atoms with Gasteiger partial charge in [-0.05, 0) is 38.4 Å². The van der Waals surface area contributed by atoms with Crippen molar-refractivity contribution >= 4 is 5.69 Å². The van der Waals surface area contributed by atoms with Gasteiger partial charge in [-0.3, -0.25) is 10.6 Å². The summed E-state index contributed by atoms with van der Waals surface area (Å²) in [5.74, 6) is 0. The van der Waals surface area contributed by atoms with E-state index in [4.69, 9.17) is 0 Å². The van der Waals surface area contributed by atoms with Gasteiger partial charge in [0.05, 0.1) is 5.69 Å². The van der Waals surface area contributed by atoms with Crippen LogP contribution in [-0.4, -0.2) is 25.8 Å². The van der Waals surface area contributed by atoms with Crippen molar-refractivity contribution in [3.05, 3.63) is 54.6 Å². The number of benzene rings is 1. The maximum atomic E-state index is 4.28. The SMILES string of the molecule is CNC1(NC)C=CC(N=Nc2ccccc2)C=C1. The molecule has 0 radical (unpaired) electrons. The molecule has 0 aromatic heterocycles. The van der Waals surface area contributed by atoms with E-state index in [1.807, 2.05) is 56.6 Å². The summed E-state index contributed by atoms with van der Waals surface area (Å²) >= 11 is 0. The third kappa shape index (κ3) is 2.91. The van der Waals surface area contributed by atoms with Crippen LogP contribution in [0.2, 0.25) is 0 Å². The number of hydrogen-bond donors (Lipinski definition) is 2. The van der Waals surface area contributed by atoms with E-state index in [2.05, 4.69) is 33.0 Å². The van der Waals surface area contributed by atoms with Crippen molar-refractivity contribution in [2.75, 3.05) is 14.1 Å². The molecular weight excluding hydrogens is 224 g/mol. The fraction of sp³-hybridized carbons (Fsp3) is 0.286. The first-order valence-electron chi connectivity index (χ1n) is 6.00. The standard InChI is InChI=1S/C14H18N4/c1-15-14(16-2)10-8-13(9-11-14)18-17-12-6-4-3-5-7-12/h3-11,13,15-16H,1-2H3. The lowest BCUT2D eigenvalue weighted by molar-refractivity contribution is 0.456. The number of likely N-dealkylation sites (N-methyl/N-ethyl adjacent to an activating group) is 2. The van der Waals surface area contributed by atoms with Gasteiger partial charge in [0, 0.05) is 0 Å². The number of hydrogen-bond acceptors (Lipinski definition) is 4. The minimum absolute atomic E-state index is 0.0000288. The van der Waals surface area contributed by atoms with E-state index in [1.54, 1.807) is 0 Å². The number of azo groups is 1. The van der Waals surface area contributed by atoms with Gasteiger partial charge in [0.1, 0.15) is 11.7 Å². The summed E-state index contributed by atoms with van der Waals surface area (Å²) < 4.78 is 0. The highest BCUT2D eigenvalue weighted by Crippen LogP contribution is 2.16. The molecule has 18 heavy (non-hydrogen) atoms. The van der Waals surface area contributed by atoms with Gasteiger partial charge in [-0.2, -0.15) is 10.2 Å². The van der Waals surface area contributed by atoms with Crippen molar-refractivity contribution < 1.29 is 0 Å². The van der Waals surface area contributed by atoms with Crippen molar-refractivity contribution in [1.29, 1.82) is 0 Å². The first-order chi connectivity index (χ1) is 8.78. The Morgan fingerprint density at radius 3 is 2.17 bits per heavy atom. The molecule has 0 unspecified atom stereocenters. The summed E-state index contributed by atoms with van der Waals surface area (Å²) in [6.07, 6.45) is 8.17. The minimum atomic E-state index is -0.265. The largest absolute Gasteiger partial charge is 0.296 e. The second-order valence-electron chi connectivity index (χ2n) is 4.13. The third-order valence-electron chi connectivity index (χ3n) is 3.00. The zero-order valence-corrected chi connectivity index (χ0v) is 10.7. The molecule has 1 aliphatic rings. The Hall–Kier alpha value is -1.78. The quantitative estimate of drug-likeness (QED) is 0.484. The molecular formula is C14H18N4. The van der Waals surface area contributed by atoms with Crippen molar-refractivity contribution in [3.8, 4) is 0 Å². The lowest BCUT2D eigenvalue weighted by atomic mass is 10.0. The van der Waals surface area contributed by atoms with E-state index in [1.165, 1.54) is 0 Å². The summed E-state index contributed by atoms with van der Waals surface area (Å²) in [5, 5.41) is 14.9. The number of nitrogens with zero attached hydrogens (tertiary/aromatic N) is 2. The highest BCUT2D eigenvalue weighted by Gasteiger charge is 2.22. The van der Waals surface area contributed by atoms with Crippen LogP contribution in [0.4, 0.5) is 5.69 Å². The van der Waals surface area contributed by atoms with Crippen molar-refractivity contribution in [1.82, 2.24) is 10.6 Å². The van der Waals surface area contributed by atoms with Crippen LogP contribution in [0.5, 0.6) is 0 Å². The van der Waals surface area contributed by atoms with Crippen molar-refractivity contribution in [2.45, 2.75) is 11.7 Å². The van der Waals surface area contributed by atoms with Gasteiger partial charge in [-0.1, -0.05) is 30.4 Å². The Bertz CT molecular complexity index is 442. The summed E-state index contributed by atoms with van der Waals surface area (Å²) in [4.78, 5) is 0. The molecule has 0 heterocycles. The predicted molar refractivity (Wildman–Crippen MR) is 73.9 cm³/mol. The average molecular weight is 242 g/mol. The molecule has 0 spiro atoms. The molecule has 0 saturated heterocycles. The molecule has 0 fully saturated rings. The minimum Gasteiger partial charge on any atom is -0.296 e. The molecule has 1 aromatic rings. The van der Waals surface area contributed by atoms with E-state index >= 15 is 0 Å². The Labute approximate surface area is 108 Å². The second-order valence-corrected chi connectivity index (χ2v) is 4.13. The van der Waals surface area contributed by atoms with Crippen LogP contribution in [-0.2, 0) is 0 Å². The summed E-state index contributed by atoms with van der Waals surface area (Å²) in [6, 6.07) is 9.74. The third-order valence-corrected chi connectivity index (χ3v) is 3.00. The molecule has 4 heteroatoms. The predicted octanol–water partition coefficient (Wildman–Crippen LogP) is 2.40. The van der Waals surface area contributed by atoms with Crippen LogP contribution in [0.25, 0.3) is 0 Å². The van der Waals surface area contributed by atoms with Crippen LogP contribution < -0.4 is 10.6 Å². The fourth-order valence-corrected chi connectivity index (χ4v) is 1.78. The van der Waals surface area contributed by atoms with E-state index < -0.39 is 0 Å². The topological polar surface area (TPSA) is 48.8 Å². The molecule has 94 valence electrons. The van der Waals surface area contributed by atoms with Gasteiger partial charge < -0.3 is 0 Å². The maximum absolute atomic E-state index is 4.28. The normalized spacial score (nSPS) is 18.6. The van der Waals surface area contributed by atoms with Crippen LogP contribution >= 0.6 is 0 Å². The van der Waals surface area contributed by atoms with Gasteiger partial charge in [-0.25, -0.2) is 0 Å². The molecule has 4 nitrogen and oxygen atoms in total. The lowest BCUT2D eigenvalue weighted by Gasteiger charge is -2.29. The van der Waals surface area contributed by atoms with E-state index in [0.29, 0.717) is 0 Å². The molecule has 0 bridgehead atoms. The molecule has 2 N–H and O–H groups in total. The number of nitrogens with one attached hydrogen (secondary N) is 2. The summed E-state index contributed by atoms with van der Waals surface area (Å²) in [6.45, 7) is 0. The molecule has 0 aliphatic heterocycles. The van der Waals surface area contributed by atoms with Crippen LogP contribution in [0.3, 0.4) is 0 Å². The Morgan fingerprint density at radius 1 is 1.00 bits per heavy atom. The Kier molecular flexibility index (Phi) is 4.02. The van der Waals surface area contributed by atoms with Crippen LogP contribution in [0, 0.1) is 0 Å². The molecule has 1 aliphatic carbocycles.